The molecule has 2 aromatic heterocycles. The third kappa shape index (κ3) is 5.46. The Labute approximate surface area is 210 Å². The standard InChI is InChI=1S/C23H23F3N4O4S2/c1-22(2,19-12-35-21(29-19)30-36(32,33)16-5-6-16)20(31)28-17-7-4-13(9-18(17)34-3)14-8-15(11-27-10-14)23(24,25)26/h4,7-12,16H,5-6H2,1-3H3,(H,28,31)(H,29,30). The molecule has 0 bridgehead atoms. The van der Waals surface area contributed by atoms with Crippen molar-refractivity contribution < 1.29 is 31.1 Å². The van der Waals surface area contributed by atoms with E-state index in [1.807, 2.05) is 0 Å². The lowest BCUT2D eigenvalue weighted by Gasteiger charge is -2.22. The first-order valence-corrected chi connectivity index (χ1v) is 13.2. The molecule has 8 nitrogen and oxygen atoms in total. The van der Waals surface area contributed by atoms with Gasteiger partial charge in [0.1, 0.15) is 5.75 Å². The molecule has 0 aliphatic heterocycles. The molecule has 13 heteroatoms. The summed E-state index contributed by atoms with van der Waals surface area (Å²) in [6.45, 7) is 3.29. The minimum absolute atomic E-state index is 0.189. The van der Waals surface area contributed by atoms with E-state index in [2.05, 4.69) is 20.0 Å². The maximum atomic E-state index is 13.1. The second-order valence-electron chi connectivity index (χ2n) is 8.84. The fraction of sp³-hybridized carbons (Fsp3) is 0.348. The van der Waals surface area contributed by atoms with Crippen molar-refractivity contribution in [1.82, 2.24) is 9.97 Å². The number of nitrogens with one attached hydrogen (secondary N) is 2. The van der Waals surface area contributed by atoms with Gasteiger partial charge in [-0.15, -0.1) is 11.3 Å². The smallest absolute Gasteiger partial charge is 0.417 e. The van der Waals surface area contributed by atoms with E-state index in [1.165, 1.54) is 25.4 Å². The summed E-state index contributed by atoms with van der Waals surface area (Å²) in [5.41, 5.74) is -0.651. The zero-order valence-corrected chi connectivity index (χ0v) is 21.1. The molecule has 2 heterocycles. The van der Waals surface area contributed by atoms with Crippen LogP contribution in [0.4, 0.5) is 24.0 Å². The number of methoxy groups -OCH3 is 1. The molecule has 3 aromatic rings. The van der Waals surface area contributed by atoms with Crippen molar-refractivity contribution in [2.75, 3.05) is 17.1 Å². The van der Waals surface area contributed by atoms with Crippen molar-refractivity contribution in [2.45, 2.75) is 43.5 Å². The van der Waals surface area contributed by atoms with E-state index in [-0.39, 0.29) is 16.4 Å². The lowest BCUT2D eigenvalue weighted by atomic mass is 9.89. The fourth-order valence-electron chi connectivity index (χ4n) is 3.31. The van der Waals surface area contributed by atoms with E-state index in [9.17, 15) is 26.4 Å². The summed E-state index contributed by atoms with van der Waals surface area (Å²) in [6, 6.07) is 5.57. The molecule has 1 fully saturated rings. The minimum Gasteiger partial charge on any atom is -0.495 e. The second kappa shape index (κ2) is 9.36. The number of sulfonamides is 1. The molecule has 36 heavy (non-hydrogen) atoms. The molecule has 1 saturated carbocycles. The lowest BCUT2D eigenvalue weighted by molar-refractivity contribution is -0.137. The van der Waals surface area contributed by atoms with Crippen LogP contribution < -0.4 is 14.8 Å². The molecular formula is C23H23F3N4O4S2. The topological polar surface area (TPSA) is 110 Å². The quantitative estimate of drug-likeness (QED) is 0.414. The number of amides is 1. The van der Waals surface area contributed by atoms with Crippen molar-refractivity contribution in [3.05, 3.63) is 53.3 Å². The number of anilines is 2. The number of thiazole rings is 1. The number of nitrogens with zero attached hydrogens (tertiary/aromatic N) is 2. The first kappa shape index (κ1) is 25.9. The molecule has 1 aromatic carbocycles. The molecular weight excluding hydrogens is 517 g/mol. The largest absolute Gasteiger partial charge is 0.495 e. The predicted octanol–water partition coefficient (Wildman–Crippen LogP) is 5.05. The number of carbonyl (C=O) groups excluding carboxylic acids is 1. The number of aromatic nitrogens is 2. The van der Waals surface area contributed by atoms with Crippen molar-refractivity contribution in [3.63, 3.8) is 0 Å². The van der Waals surface area contributed by atoms with Gasteiger partial charge in [0.25, 0.3) is 0 Å². The van der Waals surface area contributed by atoms with Crippen LogP contribution in [0.2, 0.25) is 0 Å². The number of alkyl halides is 3. The van der Waals surface area contributed by atoms with Gasteiger partial charge >= 0.3 is 6.18 Å². The number of pyridine rings is 1. The molecule has 0 radical (unpaired) electrons. The van der Waals surface area contributed by atoms with Crippen LogP contribution >= 0.6 is 11.3 Å². The van der Waals surface area contributed by atoms with Gasteiger partial charge in [-0.05, 0) is 50.5 Å². The van der Waals surface area contributed by atoms with Gasteiger partial charge in [-0.1, -0.05) is 6.07 Å². The van der Waals surface area contributed by atoms with E-state index in [1.54, 1.807) is 25.3 Å². The summed E-state index contributed by atoms with van der Waals surface area (Å²) in [6.07, 6.45) is -1.24. The molecule has 1 aliphatic carbocycles. The monoisotopic (exact) mass is 540 g/mol. The first-order chi connectivity index (χ1) is 16.8. The Morgan fingerprint density at radius 1 is 1.14 bits per heavy atom. The molecule has 0 saturated heterocycles. The van der Waals surface area contributed by atoms with Crippen LogP contribution in [0.1, 0.15) is 37.9 Å². The predicted molar refractivity (Wildman–Crippen MR) is 131 cm³/mol. The highest BCUT2D eigenvalue weighted by Gasteiger charge is 2.37. The van der Waals surface area contributed by atoms with Gasteiger partial charge in [0.05, 0.1) is 34.7 Å². The maximum absolute atomic E-state index is 13.1. The Morgan fingerprint density at radius 2 is 1.86 bits per heavy atom. The van der Waals surface area contributed by atoms with Crippen LogP contribution in [-0.2, 0) is 26.4 Å². The Hall–Kier alpha value is -3.19. The number of hydrogen-bond donors (Lipinski definition) is 2. The van der Waals surface area contributed by atoms with Gasteiger partial charge in [0.2, 0.25) is 15.9 Å². The van der Waals surface area contributed by atoms with Gasteiger partial charge in [0, 0.05) is 23.3 Å². The summed E-state index contributed by atoms with van der Waals surface area (Å²) in [7, 11) is -2.10. The van der Waals surface area contributed by atoms with Gasteiger partial charge in [-0.25, -0.2) is 13.4 Å². The minimum atomic E-state index is -4.53. The highest BCUT2D eigenvalue weighted by atomic mass is 32.2. The molecule has 0 atom stereocenters. The molecule has 4 rings (SSSR count). The van der Waals surface area contributed by atoms with Crippen LogP contribution in [0, 0.1) is 0 Å². The lowest BCUT2D eigenvalue weighted by Crippen LogP contribution is -2.35. The number of carbonyl (C=O) groups is 1. The Morgan fingerprint density at radius 3 is 2.50 bits per heavy atom. The zero-order valence-electron chi connectivity index (χ0n) is 19.5. The number of hydrogen-bond acceptors (Lipinski definition) is 7. The van der Waals surface area contributed by atoms with E-state index in [0.29, 0.717) is 29.8 Å². The SMILES string of the molecule is COc1cc(-c2cncc(C(F)(F)F)c2)ccc1NC(=O)C(C)(C)c1csc(NS(=O)(=O)C2CC2)n1. The van der Waals surface area contributed by atoms with Crippen LogP contribution in [0.25, 0.3) is 11.1 Å². The average molecular weight is 541 g/mol. The third-order valence-electron chi connectivity index (χ3n) is 5.75. The van der Waals surface area contributed by atoms with Gasteiger partial charge < -0.3 is 10.1 Å². The van der Waals surface area contributed by atoms with E-state index < -0.39 is 38.3 Å². The van der Waals surface area contributed by atoms with Crippen molar-refractivity contribution >= 4 is 38.1 Å². The fourth-order valence-corrected chi connectivity index (χ4v) is 5.79. The Bertz CT molecular complexity index is 1400. The van der Waals surface area contributed by atoms with E-state index in [0.717, 1.165) is 23.6 Å². The summed E-state index contributed by atoms with van der Waals surface area (Å²) < 4.78 is 71.3. The van der Waals surface area contributed by atoms with Crippen LogP contribution in [0.5, 0.6) is 5.75 Å². The number of rotatable bonds is 8. The number of halogens is 3. The summed E-state index contributed by atoms with van der Waals surface area (Å²) in [4.78, 5) is 21.1. The molecule has 0 unspecified atom stereocenters. The zero-order chi connectivity index (χ0) is 26.3. The molecule has 1 aliphatic rings. The average Bonchev–Trinajstić information content (AvgIpc) is 3.59. The normalized spacial score (nSPS) is 14.4. The van der Waals surface area contributed by atoms with Crippen molar-refractivity contribution in [3.8, 4) is 16.9 Å². The van der Waals surface area contributed by atoms with Crippen molar-refractivity contribution in [2.24, 2.45) is 0 Å². The molecule has 0 spiro atoms. The third-order valence-corrected chi connectivity index (χ3v) is 8.47. The Balaban J connectivity index is 1.53. The van der Waals surface area contributed by atoms with Crippen LogP contribution in [-0.4, -0.2) is 36.7 Å². The van der Waals surface area contributed by atoms with Gasteiger partial charge in [-0.2, -0.15) is 13.2 Å². The van der Waals surface area contributed by atoms with Gasteiger partial charge in [0.15, 0.2) is 5.13 Å². The highest BCUT2D eigenvalue weighted by Crippen LogP contribution is 2.36. The summed E-state index contributed by atoms with van der Waals surface area (Å²) >= 11 is 1.09. The highest BCUT2D eigenvalue weighted by molar-refractivity contribution is 7.93. The van der Waals surface area contributed by atoms with E-state index >= 15 is 0 Å². The van der Waals surface area contributed by atoms with Crippen LogP contribution in [0.15, 0.2) is 42.0 Å². The number of benzene rings is 1. The Kier molecular flexibility index (Phi) is 6.73. The number of ether oxygens (including phenoxy) is 1. The van der Waals surface area contributed by atoms with Gasteiger partial charge in [-0.3, -0.25) is 14.5 Å². The summed E-state index contributed by atoms with van der Waals surface area (Å²) in [5, 5.41) is 4.17. The van der Waals surface area contributed by atoms with E-state index in [4.69, 9.17) is 4.74 Å². The second-order valence-corrected chi connectivity index (χ2v) is 11.7. The van der Waals surface area contributed by atoms with Crippen LogP contribution in [0.3, 0.4) is 0 Å². The maximum Gasteiger partial charge on any atom is 0.417 e. The molecule has 2 N–H and O–H groups in total. The van der Waals surface area contributed by atoms with Crippen molar-refractivity contribution in [1.29, 1.82) is 0 Å². The summed E-state index contributed by atoms with van der Waals surface area (Å²) in [5.74, 6) is -0.193. The first-order valence-electron chi connectivity index (χ1n) is 10.8. The molecule has 192 valence electrons. The molecule has 1 amide bonds.